The average Bonchev–Trinajstić information content (AvgIpc) is 3.03. The molecule has 24 heavy (non-hydrogen) atoms. The second-order valence-electron chi connectivity index (χ2n) is 4.78. The number of hydrogen-bond acceptors (Lipinski definition) is 5. The van der Waals surface area contributed by atoms with Crippen molar-refractivity contribution in [2.45, 2.75) is 0 Å². The molecule has 1 aromatic heterocycles. The number of nitro groups is 1. The van der Waals surface area contributed by atoms with Crippen LogP contribution in [0.15, 0.2) is 53.9 Å². The number of amides is 1. The largest absolute Gasteiger partial charge is 0.298 e. The molecule has 1 heterocycles. The molecule has 1 amide bonds. The van der Waals surface area contributed by atoms with E-state index in [0.717, 1.165) is 11.3 Å². The molecule has 6 nitrogen and oxygen atoms in total. The third-order valence-electron chi connectivity index (χ3n) is 3.19. The van der Waals surface area contributed by atoms with E-state index in [0.29, 0.717) is 5.13 Å². The van der Waals surface area contributed by atoms with E-state index in [4.69, 9.17) is 11.6 Å². The normalized spacial score (nSPS) is 10.4. The fraction of sp³-hybridized carbons (Fsp3) is 0. The van der Waals surface area contributed by atoms with Gasteiger partial charge in [-0.05, 0) is 12.1 Å². The number of hydrogen-bond donors (Lipinski definition) is 1. The molecule has 0 fully saturated rings. The Bertz CT molecular complexity index is 912. The molecule has 0 spiro atoms. The first kappa shape index (κ1) is 16.1. The molecule has 0 aliphatic rings. The number of anilines is 1. The monoisotopic (exact) mass is 359 g/mol. The summed E-state index contributed by atoms with van der Waals surface area (Å²) in [7, 11) is 0. The first-order valence-corrected chi connectivity index (χ1v) is 8.06. The minimum atomic E-state index is -0.627. The summed E-state index contributed by atoms with van der Waals surface area (Å²) in [5, 5.41) is 16.0. The highest BCUT2D eigenvalue weighted by Gasteiger charge is 2.21. The van der Waals surface area contributed by atoms with Gasteiger partial charge in [0.25, 0.3) is 11.6 Å². The second-order valence-corrected chi connectivity index (χ2v) is 6.07. The Morgan fingerprint density at radius 3 is 2.67 bits per heavy atom. The van der Waals surface area contributed by atoms with Crippen LogP contribution in [0.3, 0.4) is 0 Å². The van der Waals surface area contributed by atoms with Crippen molar-refractivity contribution in [1.29, 1.82) is 0 Å². The number of carbonyl (C=O) groups excluding carboxylic acids is 1. The standard InChI is InChI=1S/C16H10ClN3O3S/c17-11-6-7-14(20(22)23)12(8-11)15(21)19-16-18-13(9-24-16)10-4-2-1-3-5-10/h1-9H,(H,18,19,21). The average molecular weight is 360 g/mol. The van der Waals surface area contributed by atoms with Gasteiger partial charge in [0, 0.05) is 22.0 Å². The minimum absolute atomic E-state index is 0.107. The summed E-state index contributed by atoms with van der Waals surface area (Å²) in [5.41, 5.74) is 1.22. The number of carbonyl (C=O) groups is 1. The number of nitrogens with zero attached hydrogens (tertiary/aromatic N) is 2. The molecule has 0 saturated carbocycles. The molecule has 3 rings (SSSR count). The molecule has 0 atom stereocenters. The molecule has 0 aliphatic heterocycles. The van der Waals surface area contributed by atoms with Crippen LogP contribution >= 0.6 is 22.9 Å². The van der Waals surface area contributed by atoms with Gasteiger partial charge < -0.3 is 0 Å². The molecule has 1 N–H and O–H groups in total. The van der Waals surface area contributed by atoms with Crippen molar-refractivity contribution in [1.82, 2.24) is 4.98 Å². The topological polar surface area (TPSA) is 85.1 Å². The van der Waals surface area contributed by atoms with Crippen LogP contribution in [-0.2, 0) is 0 Å². The van der Waals surface area contributed by atoms with Crippen molar-refractivity contribution >= 4 is 39.7 Å². The number of nitrogens with one attached hydrogen (secondary N) is 1. The third kappa shape index (κ3) is 3.42. The minimum Gasteiger partial charge on any atom is -0.298 e. The maximum atomic E-state index is 12.3. The van der Waals surface area contributed by atoms with Crippen LogP contribution in [0, 0.1) is 10.1 Å². The van der Waals surface area contributed by atoms with Crippen molar-refractivity contribution in [2.75, 3.05) is 5.32 Å². The van der Waals surface area contributed by atoms with Crippen molar-refractivity contribution < 1.29 is 9.72 Å². The molecular formula is C16H10ClN3O3S. The van der Waals surface area contributed by atoms with Crippen LogP contribution in [0.4, 0.5) is 10.8 Å². The van der Waals surface area contributed by atoms with Gasteiger partial charge in [-0.2, -0.15) is 0 Å². The van der Waals surface area contributed by atoms with Gasteiger partial charge in [-0.3, -0.25) is 20.2 Å². The Kier molecular flexibility index (Phi) is 4.54. The second kappa shape index (κ2) is 6.77. The van der Waals surface area contributed by atoms with E-state index in [9.17, 15) is 14.9 Å². The van der Waals surface area contributed by atoms with Crippen molar-refractivity contribution in [3.05, 3.63) is 74.6 Å². The van der Waals surface area contributed by atoms with Gasteiger partial charge in [-0.25, -0.2) is 4.98 Å². The van der Waals surface area contributed by atoms with Crippen molar-refractivity contribution in [3.8, 4) is 11.3 Å². The molecule has 0 aliphatic carbocycles. The lowest BCUT2D eigenvalue weighted by Gasteiger charge is -2.03. The fourth-order valence-electron chi connectivity index (χ4n) is 2.09. The van der Waals surface area contributed by atoms with E-state index in [1.165, 1.54) is 29.5 Å². The summed E-state index contributed by atoms with van der Waals surface area (Å²) in [4.78, 5) is 27.1. The van der Waals surface area contributed by atoms with Crippen LogP contribution in [0.5, 0.6) is 0 Å². The number of thiazole rings is 1. The molecule has 0 saturated heterocycles. The van der Waals surface area contributed by atoms with E-state index in [1.807, 2.05) is 30.3 Å². The summed E-state index contributed by atoms with van der Waals surface area (Å²) >= 11 is 7.08. The summed E-state index contributed by atoms with van der Waals surface area (Å²) < 4.78 is 0. The predicted molar refractivity (Wildman–Crippen MR) is 93.6 cm³/mol. The zero-order valence-electron chi connectivity index (χ0n) is 12.1. The van der Waals surface area contributed by atoms with E-state index in [2.05, 4.69) is 10.3 Å². The van der Waals surface area contributed by atoms with Gasteiger partial charge >= 0.3 is 0 Å². The maximum Gasteiger partial charge on any atom is 0.282 e. The number of rotatable bonds is 4. The predicted octanol–water partition coefficient (Wildman–Crippen LogP) is 4.62. The van der Waals surface area contributed by atoms with Gasteiger partial charge in [0.15, 0.2) is 5.13 Å². The first-order valence-electron chi connectivity index (χ1n) is 6.81. The Morgan fingerprint density at radius 2 is 1.96 bits per heavy atom. The molecule has 0 radical (unpaired) electrons. The smallest absolute Gasteiger partial charge is 0.282 e. The molecule has 0 bridgehead atoms. The lowest BCUT2D eigenvalue weighted by Crippen LogP contribution is -2.13. The zero-order chi connectivity index (χ0) is 17.1. The molecular weight excluding hydrogens is 350 g/mol. The van der Waals surface area contributed by atoms with Crippen molar-refractivity contribution in [2.24, 2.45) is 0 Å². The fourth-order valence-corrected chi connectivity index (χ4v) is 2.97. The van der Waals surface area contributed by atoms with Crippen LogP contribution in [0.1, 0.15) is 10.4 Å². The number of benzene rings is 2. The maximum absolute atomic E-state index is 12.3. The highest BCUT2D eigenvalue weighted by molar-refractivity contribution is 7.14. The van der Waals surface area contributed by atoms with Gasteiger partial charge in [-0.15, -0.1) is 11.3 Å². The number of halogens is 1. The Balaban J connectivity index is 1.85. The van der Waals surface area contributed by atoms with E-state index < -0.39 is 10.8 Å². The van der Waals surface area contributed by atoms with Crippen LogP contribution in [0.2, 0.25) is 5.02 Å². The van der Waals surface area contributed by atoms with Gasteiger partial charge in [0.05, 0.1) is 10.6 Å². The highest BCUT2D eigenvalue weighted by Crippen LogP contribution is 2.27. The molecule has 3 aromatic rings. The SMILES string of the molecule is O=C(Nc1nc(-c2ccccc2)cs1)c1cc(Cl)ccc1[N+](=O)[O-]. The van der Waals surface area contributed by atoms with E-state index in [-0.39, 0.29) is 16.3 Å². The zero-order valence-corrected chi connectivity index (χ0v) is 13.7. The van der Waals surface area contributed by atoms with Crippen LogP contribution < -0.4 is 5.32 Å². The van der Waals surface area contributed by atoms with Gasteiger partial charge in [0.1, 0.15) is 5.56 Å². The summed E-state index contributed by atoms with van der Waals surface area (Å²) in [5.74, 6) is -0.627. The Morgan fingerprint density at radius 1 is 1.21 bits per heavy atom. The lowest BCUT2D eigenvalue weighted by atomic mass is 10.1. The van der Waals surface area contributed by atoms with Crippen molar-refractivity contribution in [3.63, 3.8) is 0 Å². The Hall–Kier alpha value is -2.77. The van der Waals surface area contributed by atoms with Crippen LogP contribution in [0.25, 0.3) is 11.3 Å². The highest BCUT2D eigenvalue weighted by atomic mass is 35.5. The third-order valence-corrected chi connectivity index (χ3v) is 4.19. The quantitative estimate of drug-likeness (QED) is 0.543. The van der Waals surface area contributed by atoms with E-state index in [1.54, 1.807) is 5.38 Å². The molecule has 2 aromatic carbocycles. The molecule has 120 valence electrons. The van der Waals surface area contributed by atoms with Gasteiger partial charge in [-0.1, -0.05) is 41.9 Å². The number of nitro benzene ring substituents is 1. The number of aromatic nitrogens is 1. The lowest BCUT2D eigenvalue weighted by molar-refractivity contribution is -0.385. The summed E-state index contributed by atoms with van der Waals surface area (Å²) in [6, 6.07) is 13.3. The first-order chi connectivity index (χ1) is 11.5. The van der Waals surface area contributed by atoms with E-state index >= 15 is 0 Å². The Labute approximate surface area is 145 Å². The van der Waals surface area contributed by atoms with Crippen LogP contribution in [-0.4, -0.2) is 15.8 Å². The van der Waals surface area contributed by atoms with Gasteiger partial charge in [0.2, 0.25) is 0 Å². The molecule has 8 heteroatoms. The summed E-state index contributed by atoms with van der Waals surface area (Å²) in [6.45, 7) is 0. The molecule has 0 unspecified atom stereocenters. The summed E-state index contributed by atoms with van der Waals surface area (Å²) in [6.07, 6.45) is 0.